The van der Waals surface area contributed by atoms with E-state index >= 15 is 0 Å². The topological polar surface area (TPSA) is 52.6 Å². The van der Waals surface area contributed by atoms with Crippen LogP contribution in [0.1, 0.15) is 17.9 Å². The summed E-state index contributed by atoms with van der Waals surface area (Å²) in [7, 11) is 0. The van der Waals surface area contributed by atoms with E-state index in [2.05, 4.69) is 5.32 Å². The number of fused-ring (bicyclic) bond motifs is 1. The highest BCUT2D eigenvalue weighted by Crippen LogP contribution is 2.32. The fourth-order valence-corrected chi connectivity index (χ4v) is 2.67. The summed E-state index contributed by atoms with van der Waals surface area (Å²) in [6, 6.07) is 7.94. The van der Waals surface area contributed by atoms with Gasteiger partial charge in [0.25, 0.3) is 0 Å². The Balaban J connectivity index is 1.80. The molecule has 4 nitrogen and oxygen atoms in total. The number of anilines is 1. The van der Waals surface area contributed by atoms with E-state index in [4.69, 9.17) is 0 Å². The van der Waals surface area contributed by atoms with E-state index in [1.807, 2.05) is 24.3 Å². The van der Waals surface area contributed by atoms with Gasteiger partial charge in [0.1, 0.15) is 0 Å². The van der Waals surface area contributed by atoms with E-state index in [9.17, 15) is 9.90 Å². The molecule has 0 radical (unpaired) electrons. The number of hydrogen-bond acceptors (Lipinski definition) is 3. The first-order valence-electron chi connectivity index (χ1n) is 6.05. The van der Waals surface area contributed by atoms with Gasteiger partial charge in [-0.3, -0.25) is 4.79 Å². The zero-order valence-corrected chi connectivity index (χ0v) is 9.60. The van der Waals surface area contributed by atoms with Crippen LogP contribution in [0.15, 0.2) is 24.3 Å². The van der Waals surface area contributed by atoms with E-state index in [-0.39, 0.29) is 17.9 Å². The lowest BCUT2D eigenvalue weighted by Gasteiger charge is -2.20. The van der Waals surface area contributed by atoms with Gasteiger partial charge in [0, 0.05) is 25.3 Å². The van der Waals surface area contributed by atoms with Crippen molar-refractivity contribution in [3.05, 3.63) is 29.8 Å². The molecule has 90 valence electrons. The monoisotopic (exact) mass is 232 g/mol. The molecule has 0 aliphatic carbocycles. The molecule has 0 saturated carbocycles. The summed E-state index contributed by atoms with van der Waals surface area (Å²) in [5, 5.41) is 12.7. The number of carbonyl (C=O) groups excluding carboxylic acids is 1. The molecule has 2 aliphatic rings. The number of para-hydroxylation sites is 1. The van der Waals surface area contributed by atoms with Crippen LogP contribution in [0.5, 0.6) is 0 Å². The zero-order chi connectivity index (χ0) is 11.8. The number of nitrogens with zero attached hydrogens (tertiary/aromatic N) is 1. The van der Waals surface area contributed by atoms with Crippen molar-refractivity contribution in [3.63, 3.8) is 0 Å². The second kappa shape index (κ2) is 4.04. The van der Waals surface area contributed by atoms with Crippen LogP contribution in [-0.4, -0.2) is 41.7 Å². The number of nitrogens with one attached hydrogen (secondary N) is 1. The number of hydrogen-bond donors (Lipinski definition) is 2. The van der Waals surface area contributed by atoms with E-state index in [1.54, 1.807) is 4.90 Å². The second-order valence-corrected chi connectivity index (χ2v) is 4.75. The molecule has 2 heterocycles. The van der Waals surface area contributed by atoms with Gasteiger partial charge in [0.05, 0.1) is 12.0 Å². The van der Waals surface area contributed by atoms with Crippen molar-refractivity contribution < 1.29 is 9.90 Å². The summed E-state index contributed by atoms with van der Waals surface area (Å²) in [6.45, 7) is 1.83. The number of carbonyl (C=O) groups is 1. The molecule has 17 heavy (non-hydrogen) atoms. The first-order chi connectivity index (χ1) is 8.25. The van der Waals surface area contributed by atoms with Crippen molar-refractivity contribution in [1.29, 1.82) is 0 Å². The Morgan fingerprint density at radius 1 is 1.41 bits per heavy atom. The van der Waals surface area contributed by atoms with Crippen molar-refractivity contribution in [2.75, 3.05) is 25.0 Å². The zero-order valence-electron chi connectivity index (χ0n) is 9.60. The standard InChI is InChI=1S/C13H16N2O2/c16-9-5-6-15(8-9)13(17)11-7-14-12-4-2-1-3-10(11)12/h1-4,9,11,14,16H,5-8H2. The average molecular weight is 232 g/mol. The van der Waals surface area contributed by atoms with Crippen LogP contribution in [0.4, 0.5) is 5.69 Å². The summed E-state index contributed by atoms with van der Waals surface area (Å²) >= 11 is 0. The number of rotatable bonds is 1. The van der Waals surface area contributed by atoms with Gasteiger partial charge in [-0.05, 0) is 18.1 Å². The molecule has 1 aromatic rings. The van der Waals surface area contributed by atoms with Crippen LogP contribution in [0.3, 0.4) is 0 Å². The highest BCUT2D eigenvalue weighted by Gasteiger charge is 2.34. The molecule has 0 aromatic heterocycles. The highest BCUT2D eigenvalue weighted by atomic mass is 16.3. The Morgan fingerprint density at radius 3 is 3.00 bits per heavy atom. The van der Waals surface area contributed by atoms with Crippen LogP contribution < -0.4 is 5.32 Å². The van der Waals surface area contributed by atoms with Gasteiger partial charge in [-0.25, -0.2) is 0 Å². The summed E-state index contributed by atoms with van der Waals surface area (Å²) in [6.07, 6.45) is 0.358. The predicted molar refractivity (Wildman–Crippen MR) is 64.9 cm³/mol. The molecule has 0 bridgehead atoms. The van der Waals surface area contributed by atoms with Gasteiger partial charge in [0.15, 0.2) is 0 Å². The van der Waals surface area contributed by atoms with Crippen LogP contribution in [0.2, 0.25) is 0 Å². The number of likely N-dealkylation sites (tertiary alicyclic amines) is 1. The van der Waals surface area contributed by atoms with Gasteiger partial charge < -0.3 is 15.3 Å². The van der Waals surface area contributed by atoms with E-state index < -0.39 is 0 Å². The molecule has 2 unspecified atom stereocenters. The van der Waals surface area contributed by atoms with Crippen molar-refractivity contribution in [1.82, 2.24) is 4.90 Å². The Bertz CT molecular complexity index is 447. The molecule has 2 N–H and O–H groups in total. The molecule has 1 amide bonds. The number of β-amino-alcohol motifs (C(OH)–C–C–N with tert-alkyl or cyclic N) is 1. The molecular weight excluding hydrogens is 216 g/mol. The Hall–Kier alpha value is -1.55. The van der Waals surface area contributed by atoms with Crippen molar-refractivity contribution >= 4 is 11.6 Å². The minimum atomic E-state index is -0.344. The fraction of sp³-hybridized carbons (Fsp3) is 0.462. The molecule has 3 rings (SSSR count). The Morgan fingerprint density at radius 2 is 2.24 bits per heavy atom. The number of amides is 1. The third-order valence-corrected chi connectivity index (χ3v) is 3.61. The maximum absolute atomic E-state index is 12.3. The molecule has 4 heteroatoms. The van der Waals surface area contributed by atoms with E-state index in [1.165, 1.54) is 0 Å². The number of aliphatic hydroxyl groups is 1. The molecule has 2 aliphatic heterocycles. The minimum absolute atomic E-state index is 0.0866. The van der Waals surface area contributed by atoms with E-state index in [0.717, 1.165) is 11.3 Å². The first kappa shape index (κ1) is 10.6. The van der Waals surface area contributed by atoms with Gasteiger partial charge in [-0.1, -0.05) is 18.2 Å². The van der Waals surface area contributed by atoms with Crippen molar-refractivity contribution in [2.45, 2.75) is 18.4 Å². The van der Waals surface area contributed by atoms with Gasteiger partial charge in [-0.15, -0.1) is 0 Å². The fourth-order valence-electron chi connectivity index (χ4n) is 2.67. The van der Waals surface area contributed by atoms with Crippen LogP contribution in [-0.2, 0) is 4.79 Å². The van der Waals surface area contributed by atoms with E-state index in [0.29, 0.717) is 26.1 Å². The highest BCUT2D eigenvalue weighted by molar-refractivity contribution is 5.88. The molecular formula is C13H16N2O2. The average Bonchev–Trinajstić information content (AvgIpc) is 2.94. The Kier molecular flexibility index (Phi) is 2.52. The lowest BCUT2D eigenvalue weighted by Crippen LogP contribution is -2.34. The Labute approximate surface area is 100 Å². The molecule has 1 fully saturated rings. The second-order valence-electron chi connectivity index (χ2n) is 4.75. The maximum atomic E-state index is 12.3. The summed E-state index contributed by atoms with van der Waals surface area (Å²) in [4.78, 5) is 14.1. The normalized spacial score (nSPS) is 26.8. The number of aliphatic hydroxyl groups excluding tert-OH is 1. The lowest BCUT2D eigenvalue weighted by atomic mass is 10.00. The van der Waals surface area contributed by atoms with Gasteiger partial charge in [0.2, 0.25) is 5.91 Å². The molecule has 2 atom stereocenters. The molecule has 1 aromatic carbocycles. The smallest absolute Gasteiger partial charge is 0.232 e. The van der Waals surface area contributed by atoms with Crippen LogP contribution in [0.25, 0.3) is 0 Å². The maximum Gasteiger partial charge on any atom is 0.232 e. The van der Waals surface area contributed by atoms with Gasteiger partial charge in [-0.2, -0.15) is 0 Å². The van der Waals surface area contributed by atoms with Crippen molar-refractivity contribution in [3.8, 4) is 0 Å². The quantitative estimate of drug-likeness (QED) is 0.752. The van der Waals surface area contributed by atoms with Crippen LogP contribution in [0, 0.1) is 0 Å². The predicted octanol–water partition coefficient (Wildman–Crippen LogP) is 0.789. The summed E-state index contributed by atoms with van der Waals surface area (Å²) in [5.74, 6) is 0.0514. The summed E-state index contributed by atoms with van der Waals surface area (Å²) in [5.41, 5.74) is 2.14. The third-order valence-electron chi connectivity index (χ3n) is 3.61. The van der Waals surface area contributed by atoms with Crippen molar-refractivity contribution in [2.24, 2.45) is 0 Å². The summed E-state index contributed by atoms with van der Waals surface area (Å²) < 4.78 is 0. The van der Waals surface area contributed by atoms with Crippen LogP contribution >= 0.6 is 0 Å². The first-order valence-corrected chi connectivity index (χ1v) is 6.05. The minimum Gasteiger partial charge on any atom is -0.391 e. The number of benzene rings is 1. The molecule has 0 spiro atoms. The third kappa shape index (κ3) is 1.78. The van der Waals surface area contributed by atoms with Gasteiger partial charge >= 0.3 is 0 Å². The SMILES string of the molecule is O=C(C1CNc2ccccc21)N1CCC(O)C1. The lowest BCUT2D eigenvalue weighted by molar-refractivity contribution is -0.131. The molecule has 1 saturated heterocycles. The largest absolute Gasteiger partial charge is 0.391 e.